The van der Waals surface area contributed by atoms with Gasteiger partial charge in [-0.2, -0.15) is 0 Å². The maximum absolute atomic E-state index is 12.5. The van der Waals surface area contributed by atoms with Crippen LogP contribution in [0.25, 0.3) is 0 Å². The molecule has 1 atom stereocenters. The highest BCUT2D eigenvalue weighted by Gasteiger charge is 2.19. The van der Waals surface area contributed by atoms with E-state index in [1.165, 1.54) is 6.07 Å². The Labute approximate surface area is 162 Å². The number of halogens is 2. The summed E-state index contributed by atoms with van der Waals surface area (Å²) in [7, 11) is 0. The van der Waals surface area contributed by atoms with Gasteiger partial charge in [-0.25, -0.2) is 0 Å². The third kappa shape index (κ3) is 5.38. The number of nitrogens with one attached hydrogen (secondary N) is 2. The van der Waals surface area contributed by atoms with Crippen LogP contribution in [0.1, 0.15) is 31.1 Å². The van der Waals surface area contributed by atoms with Gasteiger partial charge in [0.2, 0.25) is 0 Å². The number of rotatable bonds is 6. The second-order valence-electron chi connectivity index (χ2n) is 6.00. The van der Waals surface area contributed by atoms with E-state index in [4.69, 9.17) is 27.9 Å². The molecule has 2 amide bonds. The highest BCUT2D eigenvalue weighted by molar-refractivity contribution is 6.35. The molecule has 0 aliphatic carbocycles. The quantitative estimate of drug-likeness (QED) is 0.755. The van der Waals surface area contributed by atoms with E-state index < -0.39 is 12.0 Å². The number of hydrogen-bond donors (Lipinski definition) is 2. The highest BCUT2D eigenvalue weighted by Crippen LogP contribution is 2.28. The van der Waals surface area contributed by atoms with Crippen molar-refractivity contribution in [1.29, 1.82) is 0 Å². The van der Waals surface area contributed by atoms with Crippen molar-refractivity contribution in [3.8, 4) is 5.75 Å². The molecular weight excluding hydrogens is 375 g/mol. The predicted octanol–water partition coefficient (Wildman–Crippen LogP) is 4.54. The second-order valence-corrected chi connectivity index (χ2v) is 6.84. The summed E-state index contributed by atoms with van der Waals surface area (Å²) in [6.07, 6.45) is -0.824. The molecule has 0 spiro atoms. The molecule has 2 aromatic rings. The normalized spacial score (nSPS) is 11.8. The monoisotopic (exact) mass is 394 g/mol. The number of carbonyl (C=O) groups is 2. The summed E-state index contributed by atoms with van der Waals surface area (Å²) >= 11 is 11.9. The fourth-order valence-electron chi connectivity index (χ4n) is 2.18. The van der Waals surface area contributed by atoms with Gasteiger partial charge in [0.15, 0.2) is 6.10 Å². The lowest BCUT2D eigenvalue weighted by atomic mass is 10.1. The highest BCUT2D eigenvalue weighted by atomic mass is 35.5. The van der Waals surface area contributed by atoms with Crippen molar-refractivity contribution in [3.05, 3.63) is 58.1 Å². The minimum Gasteiger partial charge on any atom is -0.479 e. The van der Waals surface area contributed by atoms with Gasteiger partial charge in [-0.3, -0.25) is 9.59 Å². The number of anilines is 1. The number of ether oxygens (including phenoxy) is 1. The fourth-order valence-corrected chi connectivity index (χ4v) is 2.63. The molecule has 0 bridgehead atoms. The van der Waals surface area contributed by atoms with E-state index in [1.807, 2.05) is 13.8 Å². The van der Waals surface area contributed by atoms with Crippen molar-refractivity contribution < 1.29 is 14.3 Å². The molecule has 0 unspecified atom stereocenters. The van der Waals surface area contributed by atoms with Crippen molar-refractivity contribution in [2.75, 3.05) is 5.32 Å². The summed E-state index contributed by atoms with van der Waals surface area (Å²) in [4.78, 5) is 24.7. The van der Waals surface area contributed by atoms with Crippen molar-refractivity contribution in [2.24, 2.45) is 0 Å². The van der Waals surface area contributed by atoms with Gasteiger partial charge in [0, 0.05) is 11.1 Å². The zero-order chi connectivity index (χ0) is 19.3. The van der Waals surface area contributed by atoms with Gasteiger partial charge in [0.05, 0.1) is 16.3 Å². The largest absolute Gasteiger partial charge is 0.479 e. The summed E-state index contributed by atoms with van der Waals surface area (Å²) in [5.74, 6) is -0.310. The Morgan fingerprint density at radius 2 is 1.73 bits per heavy atom. The van der Waals surface area contributed by atoms with Crippen molar-refractivity contribution >= 4 is 40.7 Å². The summed E-state index contributed by atoms with van der Waals surface area (Å²) in [5, 5.41) is 6.31. The van der Waals surface area contributed by atoms with Gasteiger partial charge in [-0.1, -0.05) is 35.3 Å². The second kappa shape index (κ2) is 8.92. The molecule has 0 fully saturated rings. The van der Waals surface area contributed by atoms with Crippen LogP contribution in [0.2, 0.25) is 10.0 Å². The standard InChI is InChI=1S/C19H20Cl2N2O3/c1-11(2)22-19(25)14-6-4-5-7-16(14)23-18(24)12(3)26-17-9-8-13(20)10-15(17)21/h4-12H,1-3H3,(H,22,25)(H,23,24)/t12-/m1/s1. The van der Waals surface area contributed by atoms with Crippen LogP contribution in [0, 0.1) is 0 Å². The minimum atomic E-state index is -0.824. The summed E-state index contributed by atoms with van der Waals surface area (Å²) in [6, 6.07) is 11.5. The Morgan fingerprint density at radius 1 is 1.04 bits per heavy atom. The first-order valence-electron chi connectivity index (χ1n) is 8.10. The SMILES string of the molecule is CC(C)NC(=O)c1ccccc1NC(=O)[C@@H](C)Oc1ccc(Cl)cc1Cl. The average Bonchev–Trinajstić information content (AvgIpc) is 2.57. The molecule has 0 aliphatic rings. The zero-order valence-electron chi connectivity index (χ0n) is 14.7. The van der Waals surface area contributed by atoms with Gasteiger partial charge in [0.1, 0.15) is 5.75 Å². The van der Waals surface area contributed by atoms with Crippen LogP contribution in [-0.2, 0) is 4.79 Å². The van der Waals surface area contributed by atoms with Crippen LogP contribution in [0.5, 0.6) is 5.75 Å². The molecule has 26 heavy (non-hydrogen) atoms. The summed E-state index contributed by atoms with van der Waals surface area (Å²) in [6.45, 7) is 5.33. The maximum Gasteiger partial charge on any atom is 0.265 e. The van der Waals surface area contributed by atoms with Gasteiger partial charge < -0.3 is 15.4 Å². The molecular formula is C19H20Cl2N2O3. The molecule has 0 aromatic heterocycles. The van der Waals surface area contributed by atoms with Gasteiger partial charge in [-0.15, -0.1) is 0 Å². The number of para-hydroxylation sites is 1. The first-order chi connectivity index (χ1) is 12.3. The van der Waals surface area contributed by atoms with E-state index in [0.29, 0.717) is 27.0 Å². The topological polar surface area (TPSA) is 67.4 Å². The zero-order valence-corrected chi connectivity index (χ0v) is 16.2. The molecule has 7 heteroatoms. The molecule has 2 rings (SSSR count). The van der Waals surface area contributed by atoms with Crippen LogP contribution in [0.3, 0.4) is 0 Å². The van der Waals surface area contributed by atoms with E-state index in [-0.39, 0.29) is 11.9 Å². The molecule has 5 nitrogen and oxygen atoms in total. The van der Waals surface area contributed by atoms with Crippen LogP contribution in [-0.4, -0.2) is 24.0 Å². The molecule has 0 radical (unpaired) electrons. The molecule has 138 valence electrons. The fraction of sp³-hybridized carbons (Fsp3) is 0.263. The lowest BCUT2D eigenvalue weighted by molar-refractivity contribution is -0.122. The van der Waals surface area contributed by atoms with E-state index in [2.05, 4.69) is 10.6 Å². The molecule has 0 aliphatic heterocycles. The van der Waals surface area contributed by atoms with E-state index in [1.54, 1.807) is 43.3 Å². The number of hydrogen-bond acceptors (Lipinski definition) is 3. The number of amides is 2. The van der Waals surface area contributed by atoms with E-state index >= 15 is 0 Å². The first-order valence-corrected chi connectivity index (χ1v) is 8.86. The Kier molecular flexibility index (Phi) is 6.89. The van der Waals surface area contributed by atoms with Gasteiger partial charge in [-0.05, 0) is 51.1 Å². The van der Waals surface area contributed by atoms with Crippen LogP contribution in [0.4, 0.5) is 5.69 Å². The van der Waals surface area contributed by atoms with Crippen LogP contribution in [0.15, 0.2) is 42.5 Å². The molecule has 2 aromatic carbocycles. The third-order valence-electron chi connectivity index (χ3n) is 3.42. The van der Waals surface area contributed by atoms with E-state index in [9.17, 15) is 9.59 Å². The number of benzene rings is 2. The minimum absolute atomic E-state index is 0.0134. The Balaban J connectivity index is 2.10. The lowest BCUT2D eigenvalue weighted by Crippen LogP contribution is -2.33. The molecule has 2 N–H and O–H groups in total. The van der Waals surface area contributed by atoms with Crippen LogP contribution < -0.4 is 15.4 Å². The molecule has 0 saturated heterocycles. The van der Waals surface area contributed by atoms with Crippen molar-refractivity contribution in [3.63, 3.8) is 0 Å². The maximum atomic E-state index is 12.5. The molecule has 0 heterocycles. The van der Waals surface area contributed by atoms with Crippen LogP contribution >= 0.6 is 23.2 Å². The Bertz CT molecular complexity index is 809. The number of carbonyl (C=O) groups excluding carboxylic acids is 2. The smallest absolute Gasteiger partial charge is 0.265 e. The molecule has 0 saturated carbocycles. The Morgan fingerprint density at radius 3 is 2.38 bits per heavy atom. The first kappa shape index (κ1) is 20.1. The van der Waals surface area contributed by atoms with Gasteiger partial charge >= 0.3 is 0 Å². The Hall–Kier alpha value is -2.24. The van der Waals surface area contributed by atoms with Crippen molar-refractivity contribution in [2.45, 2.75) is 32.9 Å². The average molecular weight is 395 g/mol. The lowest BCUT2D eigenvalue weighted by Gasteiger charge is -2.17. The van der Waals surface area contributed by atoms with Gasteiger partial charge in [0.25, 0.3) is 11.8 Å². The summed E-state index contributed by atoms with van der Waals surface area (Å²) in [5.41, 5.74) is 0.791. The predicted molar refractivity (Wildman–Crippen MR) is 104 cm³/mol. The van der Waals surface area contributed by atoms with Crippen molar-refractivity contribution in [1.82, 2.24) is 5.32 Å². The third-order valence-corrected chi connectivity index (χ3v) is 3.95. The summed E-state index contributed by atoms with van der Waals surface area (Å²) < 4.78 is 5.60. The van der Waals surface area contributed by atoms with E-state index in [0.717, 1.165) is 0 Å².